The fourth-order valence-electron chi connectivity index (χ4n) is 1.74. The Morgan fingerprint density at radius 2 is 1.76 bits per heavy atom. The Labute approximate surface area is 107 Å². The van der Waals surface area contributed by atoms with E-state index in [-0.39, 0.29) is 6.04 Å². The monoisotopic (exact) mass is 246 g/mol. The fourth-order valence-corrected chi connectivity index (χ4v) is 2.78. The summed E-state index contributed by atoms with van der Waals surface area (Å²) in [6.45, 7) is 6.38. The fraction of sp³-hybridized carbons (Fsp3) is 0.357. The normalized spacial score (nSPS) is 13.0. The van der Waals surface area contributed by atoms with E-state index in [1.54, 1.807) is 11.3 Å². The zero-order valence-corrected chi connectivity index (χ0v) is 11.3. The summed E-state index contributed by atoms with van der Waals surface area (Å²) in [5.41, 5.74) is 8.20. The van der Waals surface area contributed by atoms with Crippen molar-refractivity contribution in [1.82, 2.24) is 4.98 Å². The van der Waals surface area contributed by atoms with E-state index in [9.17, 15) is 0 Å². The van der Waals surface area contributed by atoms with Crippen LogP contribution in [0.4, 0.5) is 0 Å². The van der Waals surface area contributed by atoms with Crippen molar-refractivity contribution in [3.63, 3.8) is 0 Å². The number of nitrogens with two attached hydrogens (primary N) is 1. The molecular formula is C14H18N2S. The van der Waals surface area contributed by atoms with E-state index < -0.39 is 0 Å². The van der Waals surface area contributed by atoms with Crippen molar-refractivity contribution >= 4 is 11.3 Å². The van der Waals surface area contributed by atoms with E-state index in [4.69, 9.17) is 10.7 Å². The second-order valence-electron chi connectivity index (χ2n) is 4.57. The average molecular weight is 246 g/mol. The van der Waals surface area contributed by atoms with Gasteiger partial charge in [-0.15, -0.1) is 11.3 Å². The van der Waals surface area contributed by atoms with Gasteiger partial charge in [-0.05, 0) is 12.8 Å². The summed E-state index contributed by atoms with van der Waals surface area (Å²) in [5, 5.41) is 1.02. The predicted molar refractivity (Wildman–Crippen MR) is 74.2 cm³/mol. The van der Waals surface area contributed by atoms with Crippen molar-refractivity contribution in [3.8, 4) is 11.3 Å². The molecule has 1 unspecified atom stereocenters. The smallest absolute Gasteiger partial charge is 0.110 e. The van der Waals surface area contributed by atoms with Gasteiger partial charge in [-0.1, -0.05) is 44.2 Å². The van der Waals surface area contributed by atoms with Crippen LogP contribution in [0.15, 0.2) is 30.3 Å². The molecule has 0 aliphatic rings. The van der Waals surface area contributed by atoms with Crippen LogP contribution in [0.1, 0.15) is 42.6 Å². The first-order valence-electron chi connectivity index (χ1n) is 5.91. The minimum atomic E-state index is 0.00922. The zero-order valence-electron chi connectivity index (χ0n) is 10.5. The third-order valence-corrected chi connectivity index (χ3v) is 4.19. The Balaban J connectivity index is 2.52. The molecule has 0 amide bonds. The number of rotatable bonds is 3. The second-order valence-corrected chi connectivity index (χ2v) is 5.64. The molecule has 90 valence electrons. The molecule has 3 heteroatoms. The summed E-state index contributed by atoms with van der Waals surface area (Å²) in [5.74, 6) is 0.482. The maximum atomic E-state index is 5.92. The topological polar surface area (TPSA) is 38.9 Å². The van der Waals surface area contributed by atoms with Crippen LogP contribution in [-0.2, 0) is 0 Å². The summed E-state index contributed by atoms with van der Waals surface area (Å²) in [6, 6.07) is 10.3. The lowest BCUT2D eigenvalue weighted by Gasteiger charge is -2.04. The number of hydrogen-bond acceptors (Lipinski definition) is 3. The van der Waals surface area contributed by atoms with E-state index >= 15 is 0 Å². The molecule has 2 N–H and O–H groups in total. The average Bonchev–Trinajstić information content (AvgIpc) is 2.75. The lowest BCUT2D eigenvalue weighted by Crippen LogP contribution is -2.03. The lowest BCUT2D eigenvalue weighted by atomic mass is 10.1. The summed E-state index contributed by atoms with van der Waals surface area (Å²) in [7, 11) is 0. The Morgan fingerprint density at radius 1 is 1.12 bits per heavy atom. The van der Waals surface area contributed by atoms with E-state index in [0.717, 1.165) is 10.7 Å². The van der Waals surface area contributed by atoms with Gasteiger partial charge in [0.2, 0.25) is 0 Å². The first-order valence-corrected chi connectivity index (χ1v) is 6.73. The van der Waals surface area contributed by atoms with Crippen molar-refractivity contribution in [2.75, 3.05) is 0 Å². The highest BCUT2D eigenvalue weighted by Crippen LogP contribution is 2.35. The quantitative estimate of drug-likeness (QED) is 0.890. The van der Waals surface area contributed by atoms with Gasteiger partial charge in [0.15, 0.2) is 0 Å². The third-order valence-electron chi connectivity index (χ3n) is 2.63. The predicted octanol–water partition coefficient (Wildman–Crippen LogP) is 3.95. The Kier molecular flexibility index (Phi) is 3.60. The van der Waals surface area contributed by atoms with Crippen LogP contribution in [0.2, 0.25) is 0 Å². The second kappa shape index (κ2) is 4.98. The van der Waals surface area contributed by atoms with Crippen LogP contribution in [0.3, 0.4) is 0 Å². The van der Waals surface area contributed by atoms with Crippen molar-refractivity contribution in [3.05, 3.63) is 40.2 Å². The minimum absolute atomic E-state index is 0.00922. The van der Waals surface area contributed by atoms with Crippen molar-refractivity contribution in [2.45, 2.75) is 32.7 Å². The van der Waals surface area contributed by atoms with Gasteiger partial charge < -0.3 is 5.73 Å². The maximum Gasteiger partial charge on any atom is 0.110 e. The van der Waals surface area contributed by atoms with Gasteiger partial charge in [0.25, 0.3) is 0 Å². The summed E-state index contributed by atoms with van der Waals surface area (Å²) in [6.07, 6.45) is 0. The standard InChI is InChI=1S/C14H18N2S/c1-9(2)13-12(11-7-5-4-6-8-11)16-14(17-13)10(3)15/h4-10H,15H2,1-3H3. The highest BCUT2D eigenvalue weighted by molar-refractivity contribution is 7.12. The highest BCUT2D eigenvalue weighted by Gasteiger charge is 2.17. The molecule has 2 rings (SSSR count). The first kappa shape index (κ1) is 12.3. The molecule has 1 heterocycles. The van der Waals surface area contributed by atoms with E-state index in [0.29, 0.717) is 5.92 Å². The zero-order chi connectivity index (χ0) is 12.4. The lowest BCUT2D eigenvalue weighted by molar-refractivity contribution is 0.807. The van der Waals surface area contributed by atoms with Gasteiger partial charge in [0.05, 0.1) is 11.7 Å². The Morgan fingerprint density at radius 3 is 2.29 bits per heavy atom. The van der Waals surface area contributed by atoms with Gasteiger partial charge in [-0.3, -0.25) is 0 Å². The molecule has 0 radical (unpaired) electrons. The molecule has 0 aliphatic carbocycles. The molecule has 2 nitrogen and oxygen atoms in total. The summed E-state index contributed by atoms with van der Waals surface area (Å²) < 4.78 is 0. The van der Waals surface area contributed by atoms with Gasteiger partial charge >= 0.3 is 0 Å². The third kappa shape index (κ3) is 2.56. The van der Waals surface area contributed by atoms with Crippen molar-refractivity contribution in [2.24, 2.45) is 5.73 Å². The first-order chi connectivity index (χ1) is 8.09. The Hall–Kier alpha value is -1.19. The van der Waals surface area contributed by atoms with Gasteiger partial charge in [0, 0.05) is 10.4 Å². The number of thiazole rings is 1. The van der Waals surface area contributed by atoms with Crippen LogP contribution in [0, 0.1) is 0 Å². The molecule has 0 saturated carbocycles. The Bertz CT molecular complexity index is 486. The number of aromatic nitrogens is 1. The molecule has 0 fully saturated rings. The van der Waals surface area contributed by atoms with Gasteiger partial charge in [0.1, 0.15) is 5.01 Å². The molecule has 1 aromatic heterocycles. The molecule has 1 atom stereocenters. The van der Waals surface area contributed by atoms with Crippen LogP contribution >= 0.6 is 11.3 Å². The summed E-state index contributed by atoms with van der Waals surface area (Å²) in [4.78, 5) is 6.02. The SMILES string of the molecule is CC(C)c1sc(C(C)N)nc1-c1ccccc1. The molecule has 0 saturated heterocycles. The molecule has 17 heavy (non-hydrogen) atoms. The highest BCUT2D eigenvalue weighted by atomic mass is 32.1. The van der Waals surface area contributed by atoms with Crippen LogP contribution in [-0.4, -0.2) is 4.98 Å². The minimum Gasteiger partial charge on any atom is -0.322 e. The number of benzene rings is 1. The van der Waals surface area contributed by atoms with Gasteiger partial charge in [-0.2, -0.15) is 0 Å². The molecule has 0 aliphatic heterocycles. The van der Waals surface area contributed by atoms with Crippen LogP contribution < -0.4 is 5.73 Å². The summed E-state index contributed by atoms with van der Waals surface area (Å²) >= 11 is 1.73. The molecular weight excluding hydrogens is 228 g/mol. The molecule has 0 spiro atoms. The number of nitrogens with zero attached hydrogens (tertiary/aromatic N) is 1. The van der Waals surface area contributed by atoms with Crippen LogP contribution in [0.5, 0.6) is 0 Å². The van der Waals surface area contributed by atoms with E-state index in [1.165, 1.54) is 10.4 Å². The van der Waals surface area contributed by atoms with Gasteiger partial charge in [-0.25, -0.2) is 4.98 Å². The van der Waals surface area contributed by atoms with Crippen LogP contribution in [0.25, 0.3) is 11.3 Å². The largest absolute Gasteiger partial charge is 0.322 e. The molecule has 1 aromatic carbocycles. The molecule has 2 aromatic rings. The van der Waals surface area contributed by atoms with E-state index in [2.05, 4.69) is 26.0 Å². The number of hydrogen-bond donors (Lipinski definition) is 1. The maximum absolute atomic E-state index is 5.92. The van der Waals surface area contributed by atoms with Crippen molar-refractivity contribution in [1.29, 1.82) is 0 Å². The van der Waals surface area contributed by atoms with Crippen molar-refractivity contribution < 1.29 is 0 Å². The molecule has 0 bridgehead atoms. The van der Waals surface area contributed by atoms with E-state index in [1.807, 2.05) is 25.1 Å².